The highest BCUT2D eigenvalue weighted by Gasteiger charge is 2.19. The summed E-state index contributed by atoms with van der Waals surface area (Å²) in [6, 6.07) is 0. The summed E-state index contributed by atoms with van der Waals surface area (Å²) in [6.45, 7) is 1.77. The molecule has 5 heteroatoms. The quantitative estimate of drug-likeness (QED) is 0.741. The number of thiazole rings is 1. The van der Waals surface area contributed by atoms with Gasteiger partial charge in [-0.3, -0.25) is 0 Å². The van der Waals surface area contributed by atoms with Gasteiger partial charge in [0.25, 0.3) is 5.19 Å². The molecule has 74 valence electrons. The lowest BCUT2D eigenvalue weighted by Crippen LogP contribution is -2.42. The molecule has 13 heavy (non-hydrogen) atoms. The maximum atomic E-state index is 8.95. The van der Waals surface area contributed by atoms with E-state index in [1.54, 1.807) is 20.2 Å². The van der Waals surface area contributed by atoms with Crippen molar-refractivity contribution in [1.29, 1.82) is 0 Å². The van der Waals surface area contributed by atoms with Crippen molar-refractivity contribution in [3.05, 3.63) is 11.1 Å². The SMILES string of the molecule is COc1ncc(CC(C)(N)CO)s1. The second-order valence-corrected chi connectivity index (χ2v) is 4.36. The molecule has 1 unspecified atom stereocenters. The molecule has 0 aliphatic rings. The van der Waals surface area contributed by atoms with Crippen LogP contribution in [0.15, 0.2) is 6.20 Å². The van der Waals surface area contributed by atoms with Crippen LogP contribution in [0.3, 0.4) is 0 Å². The summed E-state index contributed by atoms with van der Waals surface area (Å²) in [5.74, 6) is 0. The Morgan fingerprint density at radius 1 is 1.77 bits per heavy atom. The number of aromatic nitrogens is 1. The fraction of sp³-hybridized carbons (Fsp3) is 0.625. The first kappa shape index (κ1) is 10.4. The number of hydrogen-bond donors (Lipinski definition) is 2. The van der Waals surface area contributed by atoms with Crippen molar-refractivity contribution in [2.45, 2.75) is 18.9 Å². The van der Waals surface area contributed by atoms with E-state index in [1.807, 2.05) is 0 Å². The molecule has 1 aromatic rings. The minimum atomic E-state index is -0.572. The summed E-state index contributed by atoms with van der Waals surface area (Å²) >= 11 is 1.45. The Morgan fingerprint density at radius 3 is 2.92 bits per heavy atom. The van der Waals surface area contributed by atoms with E-state index in [1.165, 1.54) is 11.3 Å². The predicted octanol–water partition coefficient (Wildman–Crippen LogP) is 0.404. The van der Waals surface area contributed by atoms with Crippen LogP contribution >= 0.6 is 11.3 Å². The van der Waals surface area contributed by atoms with E-state index < -0.39 is 5.54 Å². The predicted molar refractivity (Wildman–Crippen MR) is 52.0 cm³/mol. The van der Waals surface area contributed by atoms with Gasteiger partial charge in [0.2, 0.25) is 0 Å². The summed E-state index contributed by atoms with van der Waals surface area (Å²) in [5.41, 5.74) is 5.21. The van der Waals surface area contributed by atoms with E-state index in [0.29, 0.717) is 11.6 Å². The van der Waals surface area contributed by atoms with Crippen LogP contribution in [0.4, 0.5) is 0 Å². The zero-order chi connectivity index (χ0) is 9.90. The molecule has 4 nitrogen and oxygen atoms in total. The average molecular weight is 202 g/mol. The van der Waals surface area contributed by atoms with Gasteiger partial charge in [-0.15, -0.1) is 0 Å². The Bertz CT molecular complexity index is 273. The third-order valence-electron chi connectivity index (χ3n) is 1.65. The minimum Gasteiger partial charge on any atom is -0.473 e. The monoisotopic (exact) mass is 202 g/mol. The number of aliphatic hydroxyl groups excluding tert-OH is 1. The molecule has 0 radical (unpaired) electrons. The number of nitrogens with two attached hydrogens (primary N) is 1. The number of hydrogen-bond acceptors (Lipinski definition) is 5. The number of methoxy groups -OCH3 is 1. The maximum Gasteiger partial charge on any atom is 0.273 e. The summed E-state index contributed by atoms with van der Waals surface area (Å²) in [5, 5.41) is 9.58. The van der Waals surface area contributed by atoms with Crippen LogP contribution in [0.5, 0.6) is 5.19 Å². The van der Waals surface area contributed by atoms with Gasteiger partial charge < -0.3 is 15.6 Å². The second-order valence-electron chi connectivity index (χ2n) is 3.29. The van der Waals surface area contributed by atoms with Crippen LogP contribution in [-0.4, -0.2) is 29.3 Å². The molecule has 1 atom stereocenters. The Balaban J connectivity index is 2.63. The molecular formula is C8H14N2O2S. The molecular weight excluding hydrogens is 188 g/mol. The highest BCUT2D eigenvalue weighted by Crippen LogP contribution is 2.22. The Morgan fingerprint density at radius 2 is 2.46 bits per heavy atom. The lowest BCUT2D eigenvalue weighted by Gasteiger charge is -2.19. The summed E-state index contributed by atoms with van der Waals surface area (Å²) < 4.78 is 4.95. The van der Waals surface area contributed by atoms with Crippen LogP contribution in [0.2, 0.25) is 0 Å². The fourth-order valence-corrected chi connectivity index (χ4v) is 1.84. The van der Waals surface area contributed by atoms with E-state index in [0.717, 1.165) is 4.88 Å². The molecule has 0 aromatic carbocycles. The Kier molecular flexibility index (Phi) is 3.24. The van der Waals surface area contributed by atoms with Gasteiger partial charge in [0, 0.05) is 23.0 Å². The molecule has 0 aliphatic heterocycles. The number of aliphatic hydroxyl groups is 1. The summed E-state index contributed by atoms with van der Waals surface area (Å²) in [7, 11) is 1.58. The third kappa shape index (κ3) is 2.95. The summed E-state index contributed by atoms with van der Waals surface area (Å²) in [6.07, 6.45) is 2.34. The lowest BCUT2D eigenvalue weighted by atomic mass is 10.0. The van der Waals surface area contributed by atoms with E-state index >= 15 is 0 Å². The molecule has 0 spiro atoms. The van der Waals surface area contributed by atoms with Crippen molar-refractivity contribution < 1.29 is 9.84 Å². The molecule has 1 aromatic heterocycles. The Labute approximate surface area is 81.4 Å². The van der Waals surface area contributed by atoms with Gasteiger partial charge in [0.05, 0.1) is 13.7 Å². The van der Waals surface area contributed by atoms with Crippen LogP contribution < -0.4 is 10.5 Å². The second kappa shape index (κ2) is 4.04. The van der Waals surface area contributed by atoms with Gasteiger partial charge >= 0.3 is 0 Å². The highest BCUT2D eigenvalue weighted by atomic mass is 32.1. The zero-order valence-corrected chi connectivity index (χ0v) is 8.60. The van der Waals surface area contributed by atoms with Gasteiger partial charge in [0.1, 0.15) is 0 Å². The molecule has 0 fully saturated rings. The van der Waals surface area contributed by atoms with E-state index in [2.05, 4.69) is 4.98 Å². The number of ether oxygens (including phenoxy) is 1. The van der Waals surface area contributed by atoms with Crippen molar-refractivity contribution >= 4 is 11.3 Å². The largest absolute Gasteiger partial charge is 0.473 e. The molecule has 0 amide bonds. The molecule has 0 saturated heterocycles. The molecule has 1 heterocycles. The van der Waals surface area contributed by atoms with Gasteiger partial charge in [-0.25, -0.2) is 4.98 Å². The minimum absolute atomic E-state index is 0.0345. The fourth-order valence-electron chi connectivity index (χ4n) is 0.920. The number of rotatable bonds is 4. The third-order valence-corrected chi connectivity index (χ3v) is 2.60. The molecule has 0 bridgehead atoms. The smallest absolute Gasteiger partial charge is 0.273 e. The van der Waals surface area contributed by atoms with Gasteiger partial charge in [-0.1, -0.05) is 11.3 Å². The van der Waals surface area contributed by atoms with Crippen LogP contribution in [0, 0.1) is 0 Å². The average Bonchev–Trinajstić information content (AvgIpc) is 2.52. The van der Waals surface area contributed by atoms with E-state index in [4.69, 9.17) is 15.6 Å². The van der Waals surface area contributed by atoms with Crippen LogP contribution in [0.25, 0.3) is 0 Å². The standard InChI is InChI=1S/C8H14N2O2S/c1-8(9,5-11)3-6-4-10-7(12-2)13-6/h4,11H,3,5,9H2,1-2H3. The Hall–Kier alpha value is -0.650. The topological polar surface area (TPSA) is 68.4 Å². The van der Waals surface area contributed by atoms with Crippen LogP contribution in [-0.2, 0) is 6.42 Å². The highest BCUT2D eigenvalue weighted by molar-refractivity contribution is 7.13. The zero-order valence-electron chi connectivity index (χ0n) is 7.78. The molecule has 3 N–H and O–H groups in total. The van der Waals surface area contributed by atoms with Crippen molar-refractivity contribution in [3.63, 3.8) is 0 Å². The maximum absolute atomic E-state index is 8.95. The first-order chi connectivity index (χ1) is 6.07. The van der Waals surface area contributed by atoms with Gasteiger partial charge in [-0.2, -0.15) is 0 Å². The molecule has 0 aliphatic carbocycles. The van der Waals surface area contributed by atoms with Gasteiger partial charge in [-0.05, 0) is 6.92 Å². The number of nitrogens with zero attached hydrogens (tertiary/aromatic N) is 1. The summed E-state index contributed by atoms with van der Waals surface area (Å²) in [4.78, 5) is 5.04. The van der Waals surface area contributed by atoms with Crippen molar-refractivity contribution in [1.82, 2.24) is 4.98 Å². The lowest BCUT2D eigenvalue weighted by molar-refractivity contribution is 0.209. The molecule has 1 rings (SSSR count). The van der Waals surface area contributed by atoms with Gasteiger partial charge in [0.15, 0.2) is 0 Å². The first-order valence-electron chi connectivity index (χ1n) is 3.96. The van der Waals surface area contributed by atoms with Crippen molar-refractivity contribution in [2.24, 2.45) is 5.73 Å². The normalized spacial score (nSPS) is 15.4. The van der Waals surface area contributed by atoms with Crippen molar-refractivity contribution in [2.75, 3.05) is 13.7 Å². The van der Waals surface area contributed by atoms with Crippen LogP contribution in [0.1, 0.15) is 11.8 Å². The van der Waals surface area contributed by atoms with E-state index in [-0.39, 0.29) is 6.61 Å². The van der Waals surface area contributed by atoms with E-state index in [9.17, 15) is 0 Å². The van der Waals surface area contributed by atoms with Crippen molar-refractivity contribution in [3.8, 4) is 5.19 Å². The first-order valence-corrected chi connectivity index (χ1v) is 4.77. The molecule has 0 saturated carbocycles.